The second-order valence-electron chi connectivity index (χ2n) is 4.55. The summed E-state index contributed by atoms with van der Waals surface area (Å²) in [5.41, 5.74) is 5.08. The fraction of sp³-hybridized carbons (Fsp3) is 0.818. The van der Waals surface area contributed by atoms with Gasteiger partial charge in [-0.1, -0.05) is 0 Å². The number of hydrazine groups is 1. The molecule has 2 aliphatic heterocycles. The van der Waals surface area contributed by atoms with Crippen LogP contribution in [0, 0.1) is 0 Å². The molecule has 2 amide bonds. The molecule has 2 rings (SSSR count). The van der Waals surface area contributed by atoms with Gasteiger partial charge in [0.1, 0.15) is 6.04 Å². The summed E-state index contributed by atoms with van der Waals surface area (Å²) in [4.78, 5) is 24.9. The Balaban J connectivity index is 1.54. The topological polar surface area (TPSA) is 82.7 Å². The average molecular weight is 256 g/mol. The maximum atomic E-state index is 11.6. The van der Waals surface area contributed by atoms with Gasteiger partial charge in [0.15, 0.2) is 0 Å². The Morgan fingerprint density at radius 2 is 2.22 bits per heavy atom. The average Bonchev–Trinajstić information content (AvgIpc) is 2.82. The Morgan fingerprint density at radius 1 is 1.44 bits per heavy atom. The Kier molecular flexibility index (Phi) is 4.91. The van der Waals surface area contributed by atoms with E-state index in [-0.39, 0.29) is 18.2 Å². The number of nitrogens with one attached hydrogen (secondary N) is 3. The Bertz CT molecular complexity index is 305. The second-order valence-corrected chi connectivity index (χ2v) is 4.55. The van der Waals surface area contributed by atoms with Crippen LogP contribution in [0.2, 0.25) is 0 Å². The first kappa shape index (κ1) is 13.3. The first-order valence-electron chi connectivity index (χ1n) is 6.38. The number of morpholine rings is 1. The zero-order chi connectivity index (χ0) is 12.8. The maximum absolute atomic E-state index is 11.6. The summed E-state index contributed by atoms with van der Waals surface area (Å²) in [7, 11) is 0. The van der Waals surface area contributed by atoms with E-state index in [9.17, 15) is 9.59 Å². The molecule has 2 heterocycles. The molecule has 0 spiro atoms. The molecule has 7 heteroatoms. The van der Waals surface area contributed by atoms with E-state index in [1.165, 1.54) is 0 Å². The van der Waals surface area contributed by atoms with Crippen LogP contribution in [0.3, 0.4) is 0 Å². The molecule has 7 nitrogen and oxygen atoms in total. The zero-order valence-electron chi connectivity index (χ0n) is 10.4. The predicted octanol–water partition coefficient (Wildman–Crippen LogP) is -1.78. The van der Waals surface area contributed by atoms with E-state index in [0.717, 1.165) is 39.3 Å². The van der Waals surface area contributed by atoms with Crippen molar-refractivity contribution < 1.29 is 14.3 Å². The molecule has 2 aliphatic rings. The van der Waals surface area contributed by atoms with Crippen LogP contribution in [0.25, 0.3) is 0 Å². The van der Waals surface area contributed by atoms with Gasteiger partial charge >= 0.3 is 0 Å². The lowest BCUT2D eigenvalue weighted by Gasteiger charge is -2.26. The van der Waals surface area contributed by atoms with Gasteiger partial charge < -0.3 is 10.1 Å². The number of hydrogen-bond donors (Lipinski definition) is 3. The normalized spacial score (nSPS) is 24.9. The molecule has 1 unspecified atom stereocenters. The summed E-state index contributed by atoms with van der Waals surface area (Å²) < 4.78 is 5.26. The van der Waals surface area contributed by atoms with Gasteiger partial charge in [-0.3, -0.25) is 19.9 Å². The fourth-order valence-corrected chi connectivity index (χ4v) is 2.08. The third-order valence-electron chi connectivity index (χ3n) is 3.15. The highest BCUT2D eigenvalue weighted by molar-refractivity contribution is 5.90. The lowest BCUT2D eigenvalue weighted by atomic mass is 10.2. The summed E-state index contributed by atoms with van der Waals surface area (Å²) >= 11 is 0. The number of amides is 2. The largest absolute Gasteiger partial charge is 0.379 e. The van der Waals surface area contributed by atoms with Crippen molar-refractivity contribution >= 4 is 11.8 Å². The summed E-state index contributed by atoms with van der Waals surface area (Å²) in [5.74, 6) is -0.251. The van der Waals surface area contributed by atoms with E-state index in [1.54, 1.807) is 0 Å². The number of carbonyl (C=O) groups excluding carboxylic acids is 2. The van der Waals surface area contributed by atoms with E-state index >= 15 is 0 Å². The SMILES string of the molecule is O=C1CC(C(=O)NCCCN2CCOCC2)NN1. The zero-order valence-corrected chi connectivity index (χ0v) is 10.4. The Hall–Kier alpha value is -1.18. The van der Waals surface area contributed by atoms with Gasteiger partial charge in [-0.2, -0.15) is 0 Å². The molecule has 3 N–H and O–H groups in total. The molecule has 1 atom stereocenters. The highest BCUT2D eigenvalue weighted by Crippen LogP contribution is 1.99. The van der Waals surface area contributed by atoms with Gasteiger partial charge in [-0.05, 0) is 13.0 Å². The summed E-state index contributed by atoms with van der Waals surface area (Å²) in [6, 6.07) is -0.430. The Labute approximate surface area is 106 Å². The van der Waals surface area contributed by atoms with Crippen LogP contribution in [-0.4, -0.2) is 62.1 Å². The monoisotopic (exact) mass is 256 g/mol. The first-order chi connectivity index (χ1) is 8.75. The molecule has 0 bridgehead atoms. The van der Waals surface area contributed by atoms with Crippen molar-refractivity contribution in [1.82, 2.24) is 21.1 Å². The highest BCUT2D eigenvalue weighted by Gasteiger charge is 2.27. The summed E-state index contributed by atoms with van der Waals surface area (Å²) in [6.07, 6.45) is 1.13. The van der Waals surface area contributed by atoms with Crippen LogP contribution >= 0.6 is 0 Å². The van der Waals surface area contributed by atoms with Crippen molar-refractivity contribution in [3.8, 4) is 0 Å². The number of nitrogens with zero attached hydrogens (tertiary/aromatic N) is 1. The van der Waals surface area contributed by atoms with Crippen molar-refractivity contribution in [2.24, 2.45) is 0 Å². The number of carbonyl (C=O) groups is 2. The minimum absolute atomic E-state index is 0.115. The minimum atomic E-state index is -0.430. The van der Waals surface area contributed by atoms with Crippen LogP contribution in [0.1, 0.15) is 12.8 Å². The molecule has 0 aromatic carbocycles. The van der Waals surface area contributed by atoms with Gasteiger partial charge in [0, 0.05) is 19.6 Å². The molecule has 2 fully saturated rings. The molecular weight excluding hydrogens is 236 g/mol. The Morgan fingerprint density at radius 3 is 2.89 bits per heavy atom. The van der Waals surface area contributed by atoms with Crippen molar-refractivity contribution in [2.75, 3.05) is 39.4 Å². The van der Waals surface area contributed by atoms with Crippen LogP contribution in [0.4, 0.5) is 0 Å². The summed E-state index contributed by atoms with van der Waals surface area (Å²) in [6.45, 7) is 5.15. The van der Waals surface area contributed by atoms with Gasteiger partial charge in [-0.25, -0.2) is 5.43 Å². The number of rotatable bonds is 5. The van der Waals surface area contributed by atoms with Gasteiger partial charge in [0.25, 0.3) is 0 Å². The van der Waals surface area contributed by atoms with Crippen LogP contribution in [-0.2, 0) is 14.3 Å². The van der Waals surface area contributed by atoms with Gasteiger partial charge in [0.2, 0.25) is 11.8 Å². The molecule has 0 aromatic rings. The third-order valence-corrected chi connectivity index (χ3v) is 3.15. The molecule has 18 heavy (non-hydrogen) atoms. The van der Waals surface area contributed by atoms with Crippen LogP contribution < -0.4 is 16.2 Å². The van der Waals surface area contributed by atoms with Gasteiger partial charge in [0.05, 0.1) is 19.6 Å². The maximum Gasteiger partial charge on any atom is 0.239 e. The minimum Gasteiger partial charge on any atom is -0.379 e. The van der Waals surface area contributed by atoms with Crippen molar-refractivity contribution in [3.63, 3.8) is 0 Å². The van der Waals surface area contributed by atoms with Crippen molar-refractivity contribution in [2.45, 2.75) is 18.9 Å². The third kappa shape index (κ3) is 3.94. The molecule has 2 saturated heterocycles. The molecular formula is C11H20N4O3. The molecule has 102 valence electrons. The first-order valence-corrected chi connectivity index (χ1v) is 6.38. The standard InChI is InChI=1S/C11H20N4O3/c16-10-8-9(13-14-10)11(17)12-2-1-3-15-4-6-18-7-5-15/h9,13H,1-8H2,(H,12,17)(H,14,16). The smallest absolute Gasteiger partial charge is 0.239 e. The highest BCUT2D eigenvalue weighted by atomic mass is 16.5. The molecule has 0 saturated carbocycles. The lowest BCUT2D eigenvalue weighted by Crippen LogP contribution is -2.44. The van der Waals surface area contributed by atoms with E-state index < -0.39 is 6.04 Å². The molecule has 0 radical (unpaired) electrons. The van der Waals surface area contributed by atoms with Crippen LogP contribution in [0.5, 0.6) is 0 Å². The number of ether oxygens (including phenoxy) is 1. The van der Waals surface area contributed by atoms with E-state index in [0.29, 0.717) is 6.54 Å². The lowest BCUT2D eigenvalue weighted by molar-refractivity contribution is -0.124. The van der Waals surface area contributed by atoms with Crippen molar-refractivity contribution in [3.05, 3.63) is 0 Å². The predicted molar refractivity (Wildman–Crippen MR) is 64.6 cm³/mol. The second kappa shape index (κ2) is 6.67. The van der Waals surface area contributed by atoms with E-state index in [2.05, 4.69) is 21.1 Å². The fourth-order valence-electron chi connectivity index (χ4n) is 2.08. The molecule has 0 aromatic heterocycles. The van der Waals surface area contributed by atoms with E-state index in [1.807, 2.05) is 0 Å². The van der Waals surface area contributed by atoms with E-state index in [4.69, 9.17) is 4.74 Å². The quantitative estimate of drug-likeness (QED) is 0.507. The van der Waals surface area contributed by atoms with Crippen molar-refractivity contribution in [1.29, 1.82) is 0 Å². The van der Waals surface area contributed by atoms with Crippen LogP contribution in [0.15, 0.2) is 0 Å². The summed E-state index contributed by atoms with van der Waals surface area (Å²) in [5, 5.41) is 2.83. The van der Waals surface area contributed by atoms with Gasteiger partial charge in [-0.15, -0.1) is 0 Å². The number of hydrogen-bond acceptors (Lipinski definition) is 5. The molecule has 0 aliphatic carbocycles.